The molecule has 3 unspecified atom stereocenters. The molecule has 33 heteroatoms. The van der Waals surface area contributed by atoms with Gasteiger partial charge < -0.3 is 42.6 Å². The molecule has 0 saturated heterocycles. The first-order valence-corrected chi connectivity index (χ1v) is 45.9. The maximum absolute atomic E-state index is 16.2. The van der Waals surface area contributed by atoms with E-state index in [9.17, 15) is 44.7 Å². The predicted octanol–water partition coefficient (Wildman–Crippen LogP) is 22.4. The number of hydrogen-bond acceptors (Lipinski definition) is 24. The minimum Gasteiger partial charge on any atom is -0.459 e. The van der Waals surface area contributed by atoms with Crippen molar-refractivity contribution in [3.8, 4) is 0 Å². The summed E-state index contributed by atoms with van der Waals surface area (Å²) >= 11 is 0. The lowest BCUT2D eigenvalue weighted by Gasteiger charge is -2.29. The van der Waals surface area contributed by atoms with Crippen LogP contribution in [0.2, 0.25) is 0 Å². The molecule has 138 heavy (non-hydrogen) atoms. The lowest BCUT2D eigenvalue weighted by atomic mass is 10.2. The van der Waals surface area contributed by atoms with Crippen LogP contribution >= 0.6 is 0 Å². The molecule has 0 aliphatic rings. The molecule has 4 heterocycles. The quantitative estimate of drug-likeness (QED) is 0.00854. The molecule has 0 aliphatic carbocycles. The van der Waals surface area contributed by atoms with Gasteiger partial charge in [-0.2, -0.15) is 30.7 Å². The van der Waals surface area contributed by atoms with Crippen molar-refractivity contribution in [3.63, 3.8) is 0 Å². The van der Waals surface area contributed by atoms with Crippen LogP contribution in [0.3, 0.4) is 0 Å². The van der Waals surface area contributed by atoms with E-state index in [-0.39, 0.29) is 56.0 Å². The molecule has 4 aromatic heterocycles. The Morgan fingerprint density at radius 3 is 0.674 bits per heavy atom. The van der Waals surface area contributed by atoms with Gasteiger partial charge in [-0.1, -0.05) is 128 Å². The Balaban J connectivity index is 0.733. The Morgan fingerprint density at radius 1 is 0.275 bits per heavy atom. The Kier molecular flexibility index (Phi) is 30.4. The van der Waals surface area contributed by atoms with Crippen LogP contribution in [0.15, 0.2) is 336 Å². The molecule has 0 N–H and O–H groups in total. The molecule has 16 aromatic rings. The maximum atomic E-state index is 16.2. The summed E-state index contributed by atoms with van der Waals surface area (Å²) in [6.07, 6.45) is 0.996. The average Bonchev–Trinajstić information content (AvgIpc) is 1.21. The van der Waals surface area contributed by atoms with E-state index in [1.54, 1.807) is 109 Å². The number of nitro benzene ring substituents is 3. The maximum Gasteiger partial charge on any atom is 0.336 e. The van der Waals surface area contributed by atoms with Crippen LogP contribution in [-0.4, -0.2) is 119 Å². The molecule has 702 valence electrons. The van der Waals surface area contributed by atoms with Crippen LogP contribution in [0.1, 0.15) is 77.0 Å². The van der Waals surface area contributed by atoms with Crippen molar-refractivity contribution in [1.29, 1.82) is 0 Å². The van der Waals surface area contributed by atoms with E-state index < -0.39 is 87.7 Å². The van der Waals surface area contributed by atoms with E-state index in [1.807, 2.05) is 72.8 Å². The monoisotopic (exact) mass is 1850 g/mol. The molecule has 0 fully saturated rings. The molecule has 12 aromatic carbocycles. The van der Waals surface area contributed by atoms with Gasteiger partial charge >= 0.3 is 35.0 Å². The number of rotatable bonds is 45. The molecule has 3 atom stereocenters. The van der Waals surface area contributed by atoms with E-state index in [0.29, 0.717) is 129 Å². The zero-order chi connectivity index (χ0) is 96.1. The highest BCUT2D eigenvalue weighted by Gasteiger charge is 2.30. The third-order valence-corrected chi connectivity index (χ3v) is 24.6. The minimum atomic E-state index is -1.33. The predicted molar refractivity (Wildman–Crippen MR) is 534 cm³/mol. The summed E-state index contributed by atoms with van der Waals surface area (Å²) in [5.74, 6) is -1.92. The summed E-state index contributed by atoms with van der Waals surface area (Å²) in [6, 6.07) is 86.7. The smallest absolute Gasteiger partial charge is 0.336 e. The van der Waals surface area contributed by atoms with Gasteiger partial charge in [0, 0.05) is 179 Å². The number of aromatic nitrogens is 6. The van der Waals surface area contributed by atoms with Crippen molar-refractivity contribution in [1.82, 2.24) is 27.4 Å². The van der Waals surface area contributed by atoms with Crippen molar-refractivity contribution < 1.29 is 43.4 Å². The second kappa shape index (κ2) is 44.4. The van der Waals surface area contributed by atoms with Crippen molar-refractivity contribution in [2.45, 2.75) is 135 Å². The number of nitro groups is 3. The largest absolute Gasteiger partial charge is 0.459 e. The first kappa shape index (κ1) is 94.5. The molecule has 33 nitrogen and oxygen atoms in total. The average molecular weight is 1860 g/mol. The van der Waals surface area contributed by atoms with Crippen LogP contribution in [0.25, 0.3) is 65.4 Å². The zero-order valence-electron chi connectivity index (χ0n) is 76.5. The number of carbonyl (C=O) groups excluding carboxylic acids is 3. The van der Waals surface area contributed by atoms with Gasteiger partial charge in [-0.3, -0.25) is 44.7 Å². The lowest BCUT2D eigenvalue weighted by Crippen LogP contribution is -2.58. The summed E-state index contributed by atoms with van der Waals surface area (Å²) in [7, 11) is 5.19. The van der Waals surface area contributed by atoms with Gasteiger partial charge in [-0.15, -0.1) is 0 Å². The third-order valence-electron chi connectivity index (χ3n) is 24.6. The molecule has 0 aliphatic heterocycles. The Hall–Kier alpha value is -16.7. The van der Waals surface area contributed by atoms with E-state index in [2.05, 4.69) is 117 Å². The van der Waals surface area contributed by atoms with E-state index >= 15 is 14.4 Å². The number of carbonyl (C=O) groups is 3. The number of azo groups is 3. The fourth-order valence-electron chi connectivity index (χ4n) is 17.6. The molecule has 0 saturated carbocycles. The van der Waals surface area contributed by atoms with E-state index in [0.717, 1.165) is 79.1 Å². The highest BCUT2D eigenvalue weighted by molar-refractivity contribution is 6.10. The van der Waals surface area contributed by atoms with Gasteiger partial charge in [0.15, 0.2) is 0 Å². The zero-order valence-corrected chi connectivity index (χ0v) is 76.5. The third kappa shape index (κ3) is 23.2. The fourth-order valence-corrected chi connectivity index (χ4v) is 17.6. The number of aryl methyl sites for hydroxylation is 3. The molecule has 0 amide bonds. The summed E-state index contributed by atoms with van der Waals surface area (Å²) < 4.78 is 28.8. The van der Waals surface area contributed by atoms with Crippen molar-refractivity contribution >= 4 is 152 Å². The highest BCUT2D eigenvalue weighted by atomic mass is 16.6. The number of benzene rings is 12. The first-order valence-electron chi connectivity index (χ1n) is 45.9. The molecule has 16 rings (SSSR count). The van der Waals surface area contributed by atoms with Gasteiger partial charge in [0.05, 0.1) is 88.2 Å². The topological polar surface area (TPSA) is 373 Å². The molecule has 0 spiro atoms. The summed E-state index contributed by atoms with van der Waals surface area (Å²) in [5.41, 5.74) is 6.81. The standard InChI is InChI=1S/C105H102N18O15/c1-112(79-52-40-73(41-53-79)106-109-76-46-58-82(59-47-76)121(130)131)67-85(136-100(124)37-7-4-22-64-115-94-31-16-10-25-88(94)89-26-11-17-32-95(89)115)70-118-103(127)119(71-86(68-113(2)80-54-42-74(43-55-80)107-110-77-48-60-83(61-49-77)122(132)133)137-101(125)38-8-5-23-65-116-96-33-18-12-27-90(96)91-28-13-19-34-97(91)116)105(129)120(104(118)128)72-87(69-114(3)81-56-44-75(45-57-81)108-111-78-50-62-84(63-51-78)123(134)135)138-102(126)39-9-6-24-66-117-98-35-20-14-29-92(98)93-30-15-21-36-99(93)117/h10-21,25-36,40-63,85-87H,4-9,22-24,37-39,64-72H2,1-3H3. The molecular weight excluding hydrogens is 1750 g/mol. The number of esters is 3. The lowest BCUT2D eigenvalue weighted by molar-refractivity contribution is -0.385. The molecule has 0 bridgehead atoms. The number of unbranched alkanes of at least 4 members (excludes halogenated alkanes) is 6. The molecular formula is C105H102N18O15. The van der Waals surface area contributed by atoms with Crippen molar-refractivity contribution in [2.75, 3.05) is 55.5 Å². The van der Waals surface area contributed by atoms with Gasteiger partial charge in [-0.25, -0.2) is 28.1 Å². The normalized spacial score (nSPS) is 12.4. The summed E-state index contributed by atoms with van der Waals surface area (Å²) in [6.45, 7) is -0.440. The number of fused-ring (bicyclic) bond motifs is 9. The van der Waals surface area contributed by atoms with Gasteiger partial charge in [0.2, 0.25) is 0 Å². The first-order chi connectivity index (χ1) is 67.1. The Labute approximate surface area is 791 Å². The van der Waals surface area contributed by atoms with Crippen LogP contribution < -0.4 is 31.8 Å². The number of anilines is 3. The molecule has 0 radical (unpaired) electrons. The van der Waals surface area contributed by atoms with E-state index in [4.69, 9.17) is 14.2 Å². The van der Waals surface area contributed by atoms with Crippen LogP contribution in [-0.2, 0) is 67.9 Å². The number of non-ortho nitro benzene ring substituents is 3. The Bertz CT molecular complexity index is 6490. The van der Waals surface area contributed by atoms with Crippen molar-refractivity contribution in [2.24, 2.45) is 30.7 Å². The fraction of sp³-hybridized carbons (Fsp3) is 0.257. The number of hydrogen-bond donors (Lipinski definition) is 0. The van der Waals surface area contributed by atoms with Crippen LogP contribution in [0, 0.1) is 30.3 Å². The van der Waals surface area contributed by atoms with Gasteiger partial charge in [0.25, 0.3) is 17.1 Å². The second-order valence-corrected chi connectivity index (χ2v) is 34.1. The van der Waals surface area contributed by atoms with E-state index in [1.165, 1.54) is 72.8 Å². The Morgan fingerprint density at radius 2 is 0.471 bits per heavy atom. The SMILES string of the molecule is CN(CC(Cn1c(=O)n(CC(CN(C)c2ccc(N=Nc3ccc([N+](=O)[O-])cc3)cc2)OC(=O)CCCCCn2c3ccccc3c3ccccc32)c(=O)n(CC(CN(C)c2ccc(N=Nc3ccc([N+](=O)[O-])cc3)cc2)OC(=O)CCCCCn2c3ccccc3c3ccccc32)c1=O)OC(=O)CCCCCn1c2ccccc2c2ccccc21)c1ccc(N=Nc2ccc([N+](=O)[O-])cc2)cc1. The number of ether oxygens (including phenoxy) is 3. The van der Waals surface area contributed by atoms with Gasteiger partial charge in [-0.05, 0) is 184 Å². The second-order valence-electron chi connectivity index (χ2n) is 34.1. The van der Waals surface area contributed by atoms with Crippen LogP contribution in [0.5, 0.6) is 0 Å². The summed E-state index contributed by atoms with van der Waals surface area (Å²) in [4.78, 5) is 131. The van der Waals surface area contributed by atoms with Gasteiger partial charge in [0.1, 0.15) is 18.3 Å². The van der Waals surface area contributed by atoms with Crippen molar-refractivity contribution in [3.05, 3.63) is 353 Å². The minimum absolute atomic E-state index is 0.0609. The van der Waals surface area contributed by atoms with Crippen LogP contribution in [0.4, 0.5) is 68.2 Å². The summed E-state index contributed by atoms with van der Waals surface area (Å²) in [5, 5.41) is 67.0. The number of para-hydroxylation sites is 6. The number of likely N-dealkylation sites (N-methyl/N-ethyl adjacent to an activating group) is 3. The highest BCUT2D eigenvalue weighted by Crippen LogP contribution is 2.35. The number of nitrogens with zero attached hydrogens (tertiary/aromatic N) is 18.